The molecule has 0 saturated carbocycles. The van der Waals surface area contributed by atoms with E-state index in [-0.39, 0.29) is 6.04 Å². The number of hydrogen-bond donors (Lipinski definition) is 3. The lowest BCUT2D eigenvalue weighted by Gasteiger charge is -2.31. The molecule has 2 unspecified atom stereocenters. The van der Waals surface area contributed by atoms with Gasteiger partial charge < -0.3 is 10.1 Å². The Balaban J connectivity index is 1.96. The first-order chi connectivity index (χ1) is 12.1. The Morgan fingerprint density at radius 2 is 2.00 bits per heavy atom. The fourth-order valence-electron chi connectivity index (χ4n) is 4.08. The second-order valence-electron chi connectivity index (χ2n) is 6.76. The maximum Gasteiger partial charge on any atom is 0.321 e. The smallest absolute Gasteiger partial charge is 0.321 e. The number of benzene rings is 2. The van der Waals surface area contributed by atoms with Gasteiger partial charge in [0.25, 0.3) is 0 Å². The standard InChI is InChI=1S/C21H22N2O2/c1-3-13-8-6-7-12(2)18(13)20-19-15(11-17(23-20)21(24)25)14-9-4-5-10-16(14)22-19/h4-10,17,20,22-23H,3,11H2,1-2H3,(H,24,25). The number of fused-ring (bicyclic) bond motifs is 3. The van der Waals surface area contributed by atoms with Gasteiger partial charge in [-0.1, -0.05) is 43.3 Å². The average molecular weight is 334 g/mol. The predicted molar refractivity (Wildman–Crippen MR) is 99.0 cm³/mol. The number of aromatic amines is 1. The maximum absolute atomic E-state index is 11.8. The van der Waals surface area contributed by atoms with Crippen molar-refractivity contribution in [2.45, 2.75) is 38.8 Å². The average Bonchev–Trinajstić information content (AvgIpc) is 2.99. The lowest BCUT2D eigenvalue weighted by molar-refractivity contribution is -0.139. The quantitative estimate of drug-likeness (QED) is 0.684. The predicted octanol–water partition coefficient (Wildman–Crippen LogP) is 3.73. The van der Waals surface area contributed by atoms with Crippen molar-refractivity contribution in [2.75, 3.05) is 0 Å². The lowest BCUT2D eigenvalue weighted by atomic mass is 9.86. The molecular formula is C21H22N2O2. The molecule has 128 valence electrons. The molecule has 1 aromatic heterocycles. The zero-order valence-electron chi connectivity index (χ0n) is 14.5. The normalized spacial score (nSPS) is 19.8. The first-order valence-corrected chi connectivity index (χ1v) is 8.76. The molecule has 3 N–H and O–H groups in total. The number of aromatic nitrogens is 1. The Morgan fingerprint density at radius 3 is 2.76 bits per heavy atom. The third-order valence-corrected chi connectivity index (χ3v) is 5.29. The third-order valence-electron chi connectivity index (χ3n) is 5.29. The summed E-state index contributed by atoms with van der Waals surface area (Å²) in [4.78, 5) is 15.3. The second kappa shape index (κ2) is 6.05. The van der Waals surface area contributed by atoms with Crippen molar-refractivity contribution in [2.24, 2.45) is 0 Å². The van der Waals surface area contributed by atoms with Crippen molar-refractivity contribution < 1.29 is 9.90 Å². The van der Waals surface area contributed by atoms with E-state index in [0.717, 1.165) is 28.6 Å². The lowest BCUT2D eigenvalue weighted by Crippen LogP contribution is -2.45. The van der Waals surface area contributed by atoms with Gasteiger partial charge in [0.15, 0.2) is 0 Å². The van der Waals surface area contributed by atoms with Crippen LogP contribution in [-0.2, 0) is 17.6 Å². The summed E-state index contributed by atoms with van der Waals surface area (Å²) in [5.41, 5.74) is 6.93. The molecule has 0 spiro atoms. The minimum absolute atomic E-state index is 0.131. The van der Waals surface area contributed by atoms with Crippen molar-refractivity contribution in [1.82, 2.24) is 10.3 Å². The van der Waals surface area contributed by atoms with Crippen molar-refractivity contribution in [3.05, 3.63) is 70.4 Å². The topological polar surface area (TPSA) is 65.1 Å². The van der Waals surface area contributed by atoms with Crippen LogP contribution in [0.15, 0.2) is 42.5 Å². The number of carboxylic acid groups (broad SMARTS) is 1. The van der Waals surface area contributed by atoms with E-state index in [4.69, 9.17) is 0 Å². The SMILES string of the molecule is CCc1cccc(C)c1C1NC(C(=O)O)Cc2c1[nH]c1ccccc21. The second-order valence-corrected chi connectivity index (χ2v) is 6.76. The van der Waals surface area contributed by atoms with Crippen LogP contribution < -0.4 is 5.32 Å². The third kappa shape index (κ3) is 2.53. The van der Waals surface area contributed by atoms with Crippen molar-refractivity contribution in [1.29, 1.82) is 0 Å². The van der Waals surface area contributed by atoms with Crippen LogP contribution in [0.2, 0.25) is 0 Å². The fraction of sp³-hybridized carbons (Fsp3) is 0.286. The highest BCUT2D eigenvalue weighted by Gasteiger charge is 2.35. The first-order valence-electron chi connectivity index (χ1n) is 8.76. The zero-order valence-corrected chi connectivity index (χ0v) is 14.5. The molecule has 4 nitrogen and oxygen atoms in total. The van der Waals surface area contributed by atoms with Crippen LogP contribution in [0.5, 0.6) is 0 Å². The molecule has 0 fully saturated rings. The molecule has 2 heterocycles. The van der Waals surface area contributed by atoms with Gasteiger partial charge in [-0.15, -0.1) is 0 Å². The van der Waals surface area contributed by atoms with Gasteiger partial charge in [-0.05, 0) is 41.7 Å². The van der Waals surface area contributed by atoms with Crippen molar-refractivity contribution in [3.8, 4) is 0 Å². The molecule has 2 aromatic carbocycles. The maximum atomic E-state index is 11.8. The summed E-state index contributed by atoms with van der Waals surface area (Å²) in [5.74, 6) is -0.799. The number of aliphatic carboxylic acids is 1. The number of carbonyl (C=O) groups is 1. The Hall–Kier alpha value is -2.59. The highest BCUT2D eigenvalue weighted by molar-refractivity contribution is 5.87. The van der Waals surface area contributed by atoms with Gasteiger partial charge in [-0.25, -0.2) is 0 Å². The molecular weight excluding hydrogens is 312 g/mol. The minimum Gasteiger partial charge on any atom is -0.480 e. The Kier molecular flexibility index (Phi) is 3.85. The molecule has 0 radical (unpaired) electrons. The molecule has 1 aliphatic heterocycles. The molecule has 0 saturated heterocycles. The zero-order chi connectivity index (χ0) is 17.6. The van der Waals surface area contributed by atoms with Crippen LogP contribution in [-0.4, -0.2) is 22.1 Å². The van der Waals surface area contributed by atoms with Crippen LogP contribution in [0.3, 0.4) is 0 Å². The number of nitrogens with one attached hydrogen (secondary N) is 2. The fourth-order valence-corrected chi connectivity index (χ4v) is 4.08. The van der Waals surface area contributed by atoms with Gasteiger partial charge in [0.1, 0.15) is 6.04 Å². The number of carboxylic acids is 1. The van der Waals surface area contributed by atoms with E-state index in [1.165, 1.54) is 16.7 Å². The van der Waals surface area contributed by atoms with Crippen LogP contribution in [0.25, 0.3) is 10.9 Å². The largest absolute Gasteiger partial charge is 0.480 e. The van der Waals surface area contributed by atoms with E-state index in [0.29, 0.717) is 6.42 Å². The number of rotatable bonds is 3. The highest BCUT2D eigenvalue weighted by Crippen LogP contribution is 2.37. The number of aryl methyl sites for hydroxylation is 2. The van der Waals surface area contributed by atoms with E-state index < -0.39 is 12.0 Å². The van der Waals surface area contributed by atoms with E-state index in [2.05, 4.69) is 54.5 Å². The van der Waals surface area contributed by atoms with Crippen LogP contribution in [0.1, 0.15) is 40.9 Å². The molecule has 4 heteroatoms. The number of para-hydroxylation sites is 1. The summed E-state index contributed by atoms with van der Waals surface area (Å²) in [6, 6.07) is 13.7. The van der Waals surface area contributed by atoms with Gasteiger partial charge in [-0.3, -0.25) is 10.1 Å². The van der Waals surface area contributed by atoms with Gasteiger partial charge in [0, 0.05) is 23.0 Å². The van der Waals surface area contributed by atoms with Gasteiger partial charge in [0.05, 0.1) is 6.04 Å². The van der Waals surface area contributed by atoms with E-state index in [1.807, 2.05) is 12.1 Å². The molecule has 2 atom stereocenters. The monoisotopic (exact) mass is 334 g/mol. The number of H-pyrrole nitrogens is 1. The Bertz CT molecular complexity index is 958. The van der Waals surface area contributed by atoms with Gasteiger partial charge in [0.2, 0.25) is 0 Å². The molecule has 0 aliphatic carbocycles. The van der Waals surface area contributed by atoms with Gasteiger partial charge >= 0.3 is 5.97 Å². The molecule has 25 heavy (non-hydrogen) atoms. The molecule has 0 amide bonds. The van der Waals surface area contributed by atoms with E-state index in [9.17, 15) is 9.90 Å². The Morgan fingerprint density at radius 1 is 1.20 bits per heavy atom. The van der Waals surface area contributed by atoms with Crippen molar-refractivity contribution in [3.63, 3.8) is 0 Å². The summed E-state index contributed by atoms with van der Waals surface area (Å²) >= 11 is 0. The summed E-state index contributed by atoms with van der Waals surface area (Å²) in [6.07, 6.45) is 1.42. The molecule has 0 bridgehead atoms. The first kappa shape index (κ1) is 15.9. The van der Waals surface area contributed by atoms with Crippen LogP contribution in [0.4, 0.5) is 0 Å². The molecule has 1 aliphatic rings. The highest BCUT2D eigenvalue weighted by atomic mass is 16.4. The van der Waals surface area contributed by atoms with E-state index >= 15 is 0 Å². The van der Waals surface area contributed by atoms with E-state index in [1.54, 1.807) is 0 Å². The summed E-state index contributed by atoms with van der Waals surface area (Å²) in [7, 11) is 0. The van der Waals surface area contributed by atoms with Gasteiger partial charge in [-0.2, -0.15) is 0 Å². The summed E-state index contributed by atoms with van der Waals surface area (Å²) < 4.78 is 0. The Labute approximate surface area is 146 Å². The van der Waals surface area contributed by atoms with Crippen LogP contribution >= 0.6 is 0 Å². The molecule has 4 rings (SSSR count). The van der Waals surface area contributed by atoms with Crippen LogP contribution in [0, 0.1) is 6.92 Å². The summed E-state index contributed by atoms with van der Waals surface area (Å²) in [6.45, 7) is 4.24. The minimum atomic E-state index is -0.799. The summed E-state index contributed by atoms with van der Waals surface area (Å²) in [5, 5.41) is 14.2. The number of hydrogen-bond acceptors (Lipinski definition) is 2. The van der Waals surface area contributed by atoms with Crippen molar-refractivity contribution >= 4 is 16.9 Å². The molecule has 3 aromatic rings.